The Kier molecular flexibility index (Phi) is 3.52. The Morgan fingerprint density at radius 2 is 2.17 bits per heavy atom. The van der Waals surface area contributed by atoms with Crippen LogP contribution in [0.5, 0.6) is 5.75 Å². The van der Waals surface area contributed by atoms with Crippen LogP contribution in [0.3, 0.4) is 0 Å². The van der Waals surface area contributed by atoms with Gasteiger partial charge in [-0.15, -0.1) is 0 Å². The van der Waals surface area contributed by atoms with Crippen molar-refractivity contribution in [1.29, 1.82) is 0 Å². The molecular formula is C13H13N3O2. The van der Waals surface area contributed by atoms with E-state index < -0.39 is 0 Å². The minimum atomic E-state index is -0.332. The summed E-state index contributed by atoms with van der Waals surface area (Å²) in [4.78, 5) is 11.9. The second-order valence-electron chi connectivity index (χ2n) is 3.87. The average Bonchev–Trinajstić information content (AvgIpc) is 2.40. The first-order chi connectivity index (χ1) is 8.68. The molecule has 1 aromatic heterocycles. The number of nitrogens with one attached hydrogen (secondary N) is 1. The number of nitrogens with zero attached hydrogens (tertiary/aromatic N) is 2. The zero-order chi connectivity index (χ0) is 13.0. The smallest absolute Gasteiger partial charge is 0.255 e. The fourth-order valence-corrected chi connectivity index (χ4v) is 1.54. The molecule has 0 bridgehead atoms. The van der Waals surface area contributed by atoms with Gasteiger partial charge in [-0.05, 0) is 30.7 Å². The SMILES string of the molecule is Cc1cccc(C(=O)NCc2cccnn2)c1O. The maximum Gasteiger partial charge on any atom is 0.255 e. The summed E-state index contributed by atoms with van der Waals surface area (Å²) < 4.78 is 0. The van der Waals surface area contributed by atoms with Crippen molar-refractivity contribution in [3.05, 3.63) is 53.3 Å². The molecule has 1 aromatic carbocycles. The summed E-state index contributed by atoms with van der Waals surface area (Å²) >= 11 is 0. The number of carbonyl (C=O) groups excluding carboxylic acids is 1. The van der Waals surface area contributed by atoms with Crippen molar-refractivity contribution in [3.8, 4) is 5.75 Å². The van der Waals surface area contributed by atoms with Gasteiger partial charge in [0.05, 0.1) is 17.8 Å². The van der Waals surface area contributed by atoms with E-state index in [-0.39, 0.29) is 23.8 Å². The largest absolute Gasteiger partial charge is 0.507 e. The number of phenols is 1. The van der Waals surface area contributed by atoms with Gasteiger partial charge in [0.1, 0.15) is 5.75 Å². The van der Waals surface area contributed by atoms with Crippen molar-refractivity contribution >= 4 is 5.91 Å². The number of phenolic OH excluding ortho intramolecular Hbond substituents is 1. The molecule has 0 aliphatic heterocycles. The molecule has 0 saturated carbocycles. The molecular weight excluding hydrogens is 230 g/mol. The van der Waals surface area contributed by atoms with Crippen molar-refractivity contribution in [2.24, 2.45) is 0 Å². The van der Waals surface area contributed by atoms with Crippen LogP contribution >= 0.6 is 0 Å². The number of amides is 1. The zero-order valence-electron chi connectivity index (χ0n) is 9.92. The first-order valence-corrected chi connectivity index (χ1v) is 5.52. The number of aromatic hydroxyl groups is 1. The third kappa shape index (κ3) is 2.63. The third-order valence-corrected chi connectivity index (χ3v) is 2.54. The lowest BCUT2D eigenvalue weighted by molar-refractivity contribution is 0.0947. The summed E-state index contributed by atoms with van der Waals surface area (Å²) in [5.74, 6) is -0.323. The average molecular weight is 243 g/mol. The van der Waals surface area contributed by atoms with Crippen LogP contribution < -0.4 is 5.32 Å². The van der Waals surface area contributed by atoms with Gasteiger partial charge in [0, 0.05) is 6.20 Å². The number of carbonyl (C=O) groups is 1. The van der Waals surface area contributed by atoms with Gasteiger partial charge < -0.3 is 10.4 Å². The molecule has 0 aliphatic carbocycles. The van der Waals surface area contributed by atoms with E-state index in [2.05, 4.69) is 15.5 Å². The van der Waals surface area contributed by atoms with Crippen LogP contribution in [-0.4, -0.2) is 21.2 Å². The number of aryl methyl sites for hydroxylation is 1. The van der Waals surface area contributed by atoms with E-state index in [0.717, 1.165) is 0 Å². The summed E-state index contributed by atoms with van der Waals surface area (Å²) in [6.45, 7) is 2.02. The van der Waals surface area contributed by atoms with Crippen LogP contribution in [0.4, 0.5) is 0 Å². The minimum Gasteiger partial charge on any atom is -0.507 e. The Bertz CT molecular complexity index is 555. The quantitative estimate of drug-likeness (QED) is 0.855. The molecule has 0 fully saturated rings. The zero-order valence-corrected chi connectivity index (χ0v) is 9.92. The predicted molar refractivity (Wildman–Crippen MR) is 66.0 cm³/mol. The Morgan fingerprint density at radius 3 is 2.89 bits per heavy atom. The lowest BCUT2D eigenvalue weighted by Crippen LogP contribution is -2.23. The molecule has 2 aromatic rings. The molecule has 0 aliphatic rings. The van der Waals surface area contributed by atoms with E-state index in [9.17, 15) is 9.90 Å². The first-order valence-electron chi connectivity index (χ1n) is 5.52. The van der Waals surface area contributed by atoms with E-state index >= 15 is 0 Å². The number of rotatable bonds is 3. The molecule has 5 heteroatoms. The van der Waals surface area contributed by atoms with Gasteiger partial charge >= 0.3 is 0 Å². The second-order valence-corrected chi connectivity index (χ2v) is 3.87. The molecule has 0 spiro atoms. The molecule has 92 valence electrons. The number of aromatic nitrogens is 2. The van der Waals surface area contributed by atoms with Crippen LogP contribution in [-0.2, 0) is 6.54 Å². The van der Waals surface area contributed by atoms with Crippen LogP contribution in [0.15, 0.2) is 36.5 Å². The van der Waals surface area contributed by atoms with Gasteiger partial charge in [-0.2, -0.15) is 10.2 Å². The molecule has 5 nitrogen and oxygen atoms in total. The van der Waals surface area contributed by atoms with Crippen LogP contribution in [0.1, 0.15) is 21.6 Å². The topological polar surface area (TPSA) is 75.1 Å². The number of benzene rings is 1. The molecule has 1 amide bonds. The summed E-state index contributed by atoms with van der Waals surface area (Å²) in [7, 11) is 0. The molecule has 0 radical (unpaired) electrons. The van der Waals surface area contributed by atoms with Gasteiger partial charge in [0.15, 0.2) is 0 Å². The van der Waals surface area contributed by atoms with Gasteiger partial charge in [-0.1, -0.05) is 12.1 Å². The van der Waals surface area contributed by atoms with Crippen molar-refractivity contribution in [2.75, 3.05) is 0 Å². The van der Waals surface area contributed by atoms with E-state index in [1.54, 1.807) is 43.5 Å². The van der Waals surface area contributed by atoms with E-state index in [1.165, 1.54) is 0 Å². The molecule has 1 heterocycles. The fraction of sp³-hybridized carbons (Fsp3) is 0.154. The van der Waals surface area contributed by atoms with Gasteiger partial charge in [-0.25, -0.2) is 0 Å². The molecule has 0 saturated heterocycles. The van der Waals surface area contributed by atoms with Crippen molar-refractivity contribution in [2.45, 2.75) is 13.5 Å². The van der Waals surface area contributed by atoms with Crippen molar-refractivity contribution in [1.82, 2.24) is 15.5 Å². The molecule has 2 N–H and O–H groups in total. The molecule has 18 heavy (non-hydrogen) atoms. The number of para-hydroxylation sites is 1. The monoisotopic (exact) mass is 243 g/mol. The van der Waals surface area contributed by atoms with E-state index in [1.807, 2.05) is 0 Å². The summed E-state index contributed by atoms with van der Waals surface area (Å²) in [5, 5.41) is 20.0. The Balaban J connectivity index is 2.07. The van der Waals surface area contributed by atoms with Gasteiger partial charge in [-0.3, -0.25) is 4.79 Å². The highest BCUT2D eigenvalue weighted by Gasteiger charge is 2.11. The molecule has 0 atom stereocenters. The van der Waals surface area contributed by atoms with E-state index in [0.29, 0.717) is 11.3 Å². The summed E-state index contributed by atoms with van der Waals surface area (Å²) in [6, 6.07) is 8.57. The van der Waals surface area contributed by atoms with E-state index in [4.69, 9.17) is 0 Å². The minimum absolute atomic E-state index is 0.00847. The highest BCUT2D eigenvalue weighted by atomic mass is 16.3. The fourth-order valence-electron chi connectivity index (χ4n) is 1.54. The highest BCUT2D eigenvalue weighted by molar-refractivity contribution is 5.97. The van der Waals surface area contributed by atoms with Crippen molar-refractivity contribution < 1.29 is 9.90 Å². The van der Waals surface area contributed by atoms with Gasteiger partial charge in [0.25, 0.3) is 5.91 Å². The normalized spacial score (nSPS) is 10.1. The lowest BCUT2D eigenvalue weighted by Gasteiger charge is -2.07. The van der Waals surface area contributed by atoms with Gasteiger partial charge in [0.2, 0.25) is 0 Å². The third-order valence-electron chi connectivity index (χ3n) is 2.54. The van der Waals surface area contributed by atoms with Crippen LogP contribution in [0.25, 0.3) is 0 Å². The Labute approximate surface area is 104 Å². The van der Waals surface area contributed by atoms with Crippen molar-refractivity contribution in [3.63, 3.8) is 0 Å². The van der Waals surface area contributed by atoms with Crippen LogP contribution in [0.2, 0.25) is 0 Å². The number of hydrogen-bond acceptors (Lipinski definition) is 4. The Hall–Kier alpha value is -2.43. The Morgan fingerprint density at radius 1 is 1.33 bits per heavy atom. The number of hydrogen-bond donors (Lipinski definition) is 2. The summed E-state index contributed by atoms with van der Waals surface area (Å²) in [6.07, 6.45) is 1.57. The first kappa shape index (κ1) is 12.0. The highest BCUT2D eigenvalue weighted by Crippen LogP contribution is 2.21. The maximum atomic E-state index is 11.9. The predicted octanol–water partition coefficient (Wildman–Crippen LogP) is 1.42. The maximum absolute atomic E-state index is 11.9. The van der Waals surface area contributed by atoms with Crippen LogP contribution in [0, 0.1) is 6.92 Å². The summed E-state index contributed by atoms with van der Waals surface area (Å²) in [5.41, 5.74) is 1.60. The molecule has 2 rings (SSSR count). The second kappa shape index (κ2) is 5.27. The standard InChI is InChI=1S/C13H13N3O2/c1-9-4-2-6-11(12(9)17)13(18)14-8-10-5-3-7-15-16-10/h2-7,17H,8H2,1H3,(H,14,18). The molecule has 0 unspecified atom stereocenters. The lowest BCUT2D eigenvalue weighted by atomic mass is 10.1.